The summed E-state index contributed by atoms with van der Waals surface area (Å²) in [6.07, 6.45) is 1.01. The van der Waals surface area contributed by atoms with E-state index in [4.69, 9.17) is 4.98 Å². The van der Waals surface area contributed by atoms with Crippen LogP contribution in [0, 0.1) is 0 Å². The van der Waals surface area contributed by atoms with Crippen molar-refractivity contribution in [3.63, 3.8) is 0 Å². The van der Waals surface area contributed by atoms with Crippen molar-refractivity contribution in [2.45, 2.75) is 6.42 Å². The summed E-state index contributed by atoms with van der Waals surface area (Å²) in [7, 11) is 0. The predicted molar refractivity (Wildman–Crippen MR) is 105 cm³/mol. The summed E-state index contributed by atoms with van der Waals surface area (Å²) < 4.78 is 0. The Morgan fingerprint density at radius 2 is 1.44 bits per heavy atom. The topological polar surface area (TPSA) is 12.9 Å². The fourth-order valence-electron chi connectivity index (χ4n) is 4.20. The fraction of sp³-hybridized carbons (Fsp3) is 0.0417. The summed E-state index contributed by atoms with van der Waals surface area (Å²) in [6, 6.07) is 28.5. The quantitative estimate of drug-likeness (QED) is 0.243. The van der Waals surface area contributed by atoms with E-state index in [1.54, 1.807) is 0 Å². The molecule has 6 rings (SSSR count). The second-order valence-electron chi connectivity index (χ2n) is 6.88. The van der Waals surface area contributed by atoms with Crippen molar-refractivity contribution in [1.82, 2.24) is 4.98 Å². The highest BCUT2D eigenvalue weighted by molar-refractivity contribution is 6.09. The number of pyridine rings is 1. The number of hydrogen-bond donors (Lipinski definition) is 0. The molecule has 0 unspecified atom stereocenters. The zero-order valence-corrected chi connectivity index (χ0v) is 13.7. The predicted octanol–water partition coefficient (Wildman–Crippen LogP) is 6.11. The lowest BCUT2D eigenvalue weighted by atomic mass is 10.0. The van der Waals surface area contributed by atoms with Gasteiger partial charge >= 0.3 is 0 Å². The average molecular weight is 317 g/mol. The second kappa shape index (κ2) is 4.67. The minimum Gasteiger partial charge on any atom is -0.247 e. The number of hydrogen-bond acceptors (Lipinski definition) is 1. The van der Waals surface area contributed by atoms with Gasteiger partial charge in [0, 0.05) is 16.2 Å². The molecule has 0 saturated heterocycles. The van der Waals surface area contributed by atoms with Gasteiger partial charge in [0.25, 0.3) is 0 Å². The highest BCUT2D eigenvalue weighted by atomic mass is 14.7. The molecule has 0 radical (unpaired) electrons. The molecule has 1 nitrogen and oxygen atoms in total. The number of aromatic nitrogens is 1. The Morgan fingerprint density at radius 1 is 0.600 bits per heavy atom. The maximum absolute atomic E-state index is 5.05. The SMILES string of the molecule is c1ccc2c(c1)Cc1cc3nc4c(ccc5ccccc54)cc3cc1-2. The van der Waals surface area contributed by atoms with Crippen molar-refractivity contribution in [3.8, 4) is 11.1 Å². The van der Waals surface area contributed by atoms with E-state index >= 15 is 0 Å². The van der Waals surface area contributed by atoms with Crippen LogP contribution >= 0.6 is 0 Å². The molecule has 0 bridgehead atoms. The van der Waals surface area contributed by atoms with Crippen molar-refractivity contribution in [2.24, 2.45) is 0 Å². The Kier molecular flexibility index (Phi) is 2.46. The Hall–Kier alpha value is -3.19. The van der Waals surface area contributed by atoms with E-state index in [1.807, 2.05) is 0 Å². The van der Waals surface area contributed by atoms with Crippen LogP contribution in [0.5, 0.6) is 0 Å². The van der Waals surface area contributed by atoms with E-state index in [-0.39, 0.29) is 0 Å². The van der Waals surface area contributed by atoms with E-state index in [2.05, 4.69) is 78.9 Å². The first kappa shape index (κ1) is 13.1. The molecule has 0 aliphatic heterocycles. The van der Waals surface area contributed by atoms with Gasteiger partial charge in [-0.15, -0.1) is 0 Å². The van der Waals surface area contributed by atoms with Crippen molar-refractivity contribution >= 4 is 32.6 Å². The lowest BCUT2D eigenvalue weighted by Gasteiger charge is -2.08. The van der Waals surface area contributed by atoms with Crippen LogP contribution in [-0.2, 0) is 6.42 Å². The van der Waals surface area contributed by atoms with Crippen LogP contribution in [0.25, 0.3) is 43.7 Å². The van der Waals surface area contributed by atoms with Crippen molar-refractivity contribution in [2.75, 3.05) is 0 Å². The maximum atomic E-state index is 5.05. The zero-order chi connectivity index (χ0) is 16.4. The summed E-state index contributed by atoms with van der Waals surface area (Å²) in [5.41, 5.74) is 7.74. The molecular formula is C24H15N. The van der Waals surface area contributed by atoms with Crippen LogP contribution in [-0.4, -0.2) is 4.98 Å². The van der Waals surface area contributed by atoms with E-state index in [1.165, 1.54) is 43.8 Å². The third-order valence-electron chi connectivity index (χ3n) is 5.42. The molecule has 0 saturated carbocycles. The normalized spacial score (nSPS) is 12.6. The number of fused-ring (bicyclic) bond motifs is 7. The molecule has 0 amide bonds. The molecule has 1 aromatic heterocycles. The van der Waals surface area contributed by atoms with Gasteiger partial charge in [0.15, 0.2) is 0 Å². The smallest absolute Gasteiger partial charge is 0.0788 e. The molecule has 1 heteroatoms. The van der Waals surface area contributed by atoms with E-state index in [0.29, 0.717) is 0 Å². The molecule has 1 aliphatic carbocycles. The van der Waals surface area contributed by atoms with Gasteiger partial charge in [-0.25, -0.2) is 4.98 Å². The monoisotopic (exact) mass is 317 g/mol. The number of benzene rings is 4. The second-order valence-corrected chi connectivity index (χ2v) is 6.88. The zero-order valence-electron chi connectivity index (χ0n) is 13.7. The van der Waals surface area contributed by atoms with E-state index in [0.717, 1.165) is 17.5 Å². The Morgan fingerprint density at radius 3 is 2.44 bits per heavy atom. The molecule has 1 aliphatic rings. The van der Waals surface area contributed by atoms with Gasteiger partial charge < -0.3 is 0 Å². The van der Waals surface area contributed by atoms with E-state index in [9.17, 15) is 0 Å². The molecule has 116 valence electrons. The van der Waals surface area contributed by atoms with Gasteiger partial charge in [-0.2, -0.15) is 0 Å². The van der Waals surface area contributed by atoms with E-state index < -0.39 is 0 Å². The molecule has 25 heavy (non-hydrogen) atoms. The van der Waals surface area contributed by atoms with Gasteiger partial charge in [-0.3, -0.25) is 0 Å². The fourth-order valence-corrected chi connectivity index (χ4v) is 4.20. The lowest BCUT2D eigenvalue weighted by Crippen LogP contribution is -1.87. The van der Waals surface area contributed by atoms with Crippen LogP contribution in [0.4, 0.5) is 0 Å². The highest BCUT2D eigenvalue weighted by Crippen LogP contribution is 2.39. The van der Waals surface area contributed by atoms with Gasteiger partial charge in [-0.05, 0) is 52.3 Å². The molecule has 1 heterocycles. The summed E-state index contributed by atoms with van der Waals surface area (Å²) in [6.45, 7) is 0. The third kappa shape index (κ3) is 1.81. The Bertz CT molecular complexity index is 1310. The maximum Gasteiger partial charge on any atom is 0.0788 e. The van der Waals surface area contributed by atoms with Gasteiger partial charge in [0.1, 0.15) is 0 Å². The molecule has 0 N–H and O–H groups in total. The highest BCUT2D eigenvalue weighted by Gasteiger charge is 2.19. The minimum atomic E-state index is 1.01. The molecule has 0 atom stereocenters. The Balaban J connectivity index is 1.70. The van der Waals surface area contributed by atoms with Crippen molar-refractivity contribution in [3.05, 3.63) is 90.0 Å². The summed E-state index contributed by atoms with van der Waals surface area (Å²) in [5, 5.41) is 4.90. The van der Waals surface area contributed by atoms with Gasteiger partial charge in [0.05, 0.1) is 11.0 Å². The number of rotatable bonds is 0. The van der Waals surface area contributed by atoms with Crippen LogP contribution in [0.2, 0.25) is 0 Å². The molecule has 0 fully saturated rings. The number of nitrogens with zero attached hydrogens (tertiary/aromatic N) is 1. The van der Waals surface area contributed by atoms with Crippen LogP contribution < -0.4 is 0 Å². The van der Waals surface area contributed by atoms with Gasteiger partial charge in [-0.1, -0.05) is 60.7 Å². The first-order chi connectivity index (χ1) is 12.4. The molecule has 0 spiro atoms. The van der Waals surface area contributed by atoms with Gasteiger partial charge in [0.2, 0.25) is 0 Å². The van der Waals surface area contributed by atoms with Crippen LogP contribution in [0.15, 0.2) is 78.9 Å². The summed E-state index contributed by atoms with van der Waals surface area (Å²) in [5.74, 6) is 0. The van der Waals surface area contributed by atoms with Crippen LogP contribution in [0.3, 0.4) is 0 Å². The standard InChI is InChI=1S/C24H15N/c1-4-8-21-15(5-1)9-10-17-12-19-13-22-18(14-23(19)25-24(17)21)11-16-6-2-3-7-20(16)22/h1-10,12-14H,11H2. The first-order valence-corrected chi connectivity index (χ1v) is 8.70. The lowest BCUT2D eigenvalue weighted by molar-refractivity contribution is 1.26. The largest absolute Gasteiger partial charge is 0.247 e. The molecule has 4 aromatic carbocycles. The van der Waals surface area contributed by atoms with Crippen LogP contribution in [0.1, 0.15) is 11.1 Å². The summed E-state index contributed by atoms with van der Waals surface area (Å²) >= 11 is 0. The Labute approximate surface area is 145 Å². The van der Waals surface area contributed by atoms with Crippen molar-refractivity contribution < 1.29 is 0 Å². The molecular weight excluding hydrogens is 302 g/mol. The first-order valence-electron chi connectivity index (χ1n) is 8.70. The molecule has 5 aromatic rings. The third-order valence-corrected chi connectivity index (χ3v) is 5.42. The van der Waals surface area contributed by atoms with Crippen molar-refractivity contribution in [1.29, 1.82) is 0 Å². The summed E-state index contributed by atoms with van der Waals surface area (Å²) in [4.78, 5) is 5.05. The average Bonchev–Trinajstić information content (AvgIpc) is 3.02. The minimum absolute atomic E-state index is 1.01.